The van der Waals surface area contributed by atoms with E-state index >= 15 is 0 Å². The Morgan fingerprint density at radius 2 is 1.64 bits per heavy atom. The Labute approximate surface area is 235 Å². The zero-order valence-corrected chi connectivity index (χ0v) is 23.2. The first-order valence-electron chi connectivity index (χ1n) is 14.6. The molecule has 0 radical (unpaired) electrons. The van der Waals surface area contributed by atoms with Crippen molar-refractivity contribution in [1.82, 2.24) is 19.4 Å². The van der Waals surface area contributed by atoms with Crippen LogP contribution in [0.3, 0.4) is 0 Å². The third-order valence-corrected chi connectivity index (χ3v) is 9.45. The van der Waals surface area contributed by atoms with E-state index in [2.05, 4.69) is 75.0 Å². The van der Waals surface area contributed by atoms with E-state index in [-0.39, 0.29) is 5.54 Å². The highest BCUT2D eigenvalue weighted by Crippen LogP contribution is 2.42. The first-order chi connectivity index (χ1) is 19.2. The monoisotopic (exact) mass is 541 g/mol. The van der Waals surface area contributed by atoms with Gasteiger partial charge in [0.05, 0.1) is 24.4 Å². The van der Waals surface area contributed by atoms with Crippen molar-refractivity contribution in [2.75, 3.05) is 31.2 Å². The van der Waals surface area contributed by atoms with Crippen LogP contribution in [0.5, 0.6) is 0 Å². The number of ether oxygens (including phenoxy) is 1. The van der Waals surface area contributed by atoms with Crippen LogP contribution < -0.4 is 9.74 Å². The van der Waals surface area contributed by atoms with Crippen molar-refractivity contribution in [3.63, 3.8) is 0 Å². The summed E-state index contributed by atoms with van der Waals surface area (Å²) in [6.45, 7) is 3.39. The zero-order chi connectivity index (χ0) is 26.2. The van der Waals surface area contributed by atoms with Gasteiger partial charge in [-0.15, -0.1) is 0 Å². The molecule has 39 heavy (non-hydrogen) atoms. The number of fused-ring (bicyclic) bond motifs is 1. The molecule has 0 atom stereocenters. The van der Waals surface area contributed by atoms with Gasteiger partial charge in [0, 0.05) is 35.9 Å². The summed E-state index contributed by atoms with van der Waals surface area (Å²) in [6.07, 6.45) is 9.59. The van der Waals surface area contributed by atoms with Gasteiger partial charge in [-0.05, 0) is 85.8 Å². The summed E-state index contributed by atoms with van der Waals surface area (Å²) in [5.41, 5.74) is 7.51. The molecule has 3 aliphatic rings. The molecule has 4 aromatic rings. The van der Waals surface area contributed by atoms with Gasteiger partial charge in [-0.3, -0.25) is 4.57 Å². The van der Waals surface area contributed by atoms with E-state index in [1.54, 1.807) is 0 Å². The minimum Gasteiger partial charge on any atom is -0.378 e. The lowest BCUT2D eigenvalue weighted by molar-refractivity contribution is 0.122. The molecule has 0 amide bonds. The number of aromatic nitrogens is 3. The molecule has 1 aliphatic heterocycles. The van der Waals surface area contributed by atoms with E-state index in [4.69, 9.17) is 26.5 Å². The van der Waals surface area contributed by atoms with Crippen molar-refractivity contribution < 1.29 is 4.74 Å². The molecule has 2 aromatic carbocycles. The van der Waals surface area contributed by atoms with Crippen LogP contribution in [0.1, 0.15) is 68.7 Å². The Hall–Kier alpha value is -2.93. The fourth-order valence-corrected chi connectivity index (χ4v) is 6.90. The lowest BCUT2D eigenvalue weighted by atomic mass is 9.73. The maximum atomic E-state index is 6.19. The van der Waals surface area contributed by atoms with Crippen molar-refractivity contribution in [2.24, 2.45) is 0 Å². The maximum Gasteiger partial charge on any atom is 0.165 e. The molecule has 6 nitrogen and oxygen atoms in total. The Morgan fingerprint density at radius 3 is 2.36 bits per heavy atom. The predicted octanol–water partition coefficient (Wildman–Crippen LogP) is 7.09. The van der Waals surface area contributed by atoms with Crippen LogP contribution in [0.4, 0.5) is 5.69 Å². The molecule has 2 aromatic heterocycles. The van der Waals surface area contributed by atoms with Crippen LogP contribution in [0.15, 0.2) is 60.7 Å². The second-order valence-corrected chi connectivity index (χ2v) is 11.6. The summed E-state index contributed by atoms with van der Waals surface area (Å²) in [5, 5.41) is 0. The van der Waals surface area contributed by atoms with Gasteiger partial charge in [0.25, 0.3) is 0 Å². The van der Waals surface area contributed by atoms with Crippen molar-refractivity contribution in [3.05, 3.63) is 72.1 Å². The average molecular weight is 542 g/mol. The Bertz CT molecular complexity index is 1440. The molecule has 7 rings (SSSR count). The molecular formula is C32H36ClN5O. The van der Waals surface area contributed by atoms with Crippen molar-refractivity contribution in [2.45, 2.75) is 62.8 Å². The molecule has 0 bridgehead atoms. The van der Waals surface area contributed by atoms with Gasteiger partial charge in [-0.2, -0.15) is 0 Å². The summed E-state index contributed by atoms with van der Waals surface area (Å²) in [5.74, 6) is 1.61. The largest absolute Gasteiger partial charge is 0.378 e. The molecule has 2 saturated carbocycles. The SMILES string of the molecule is ClNC1(c2ccc(-n3c(C4CCCCC4)nc4ccc(-c5cccc(N6CCOCC6)c5)nc43)cc2)CCC1. The maximum absolute atomic E-state index is 6.19. The lowest BCUT2D eigenvalue weighted by Crippen LogP contribution is -2.43. The van der Waals surface area contributed by atoms with E-state index in [9.17, 15) is 0 Å². The van der Waals surface area contributed by atoms with Gasteiger partial charge < -0.3 is 9.64 Å². The number of nitrogens with zero attached hydrogens (tertiary/aromatic N) is 4. The number of rotatable bonds is 6. The van der Waals surface area contributed by atoms with Crippen LogP contribution in [0, 0.1) is 0 Å². The number of nitrogens with one attached hydrogen (secondary N) is 1. The fraction of sp³-hybridized carbons (Fsp3) is 0.438. The standard InChI is InChI=1S/C32H36ClN5O/c33-36-32(16-5-17-32)25-10-12-26(13-11-25)38-30(23-6-2-1-3-7-23)35-29-15-14-28(34-31(29)38)24-8-4-9-27(22-24)37-18-20-39-21-19-37/h4,8-15,22-23,36H,1-3,5-7,16-21H2. The number of benzene rings is 2. The lowest BCUT2D eigenvalue weighted by Gasteiger charge is -2.41. The quantitative estimate of drug-likeness (QED) is 0.264. The number of hydrogen-bond acceptors (Lipinski definition) is 5. The minimum absolute atomic E-state index is 0.0970. The number of morpholine rings is 1. The van der Waals surface area contributed by atoms with E-state index in [1.165, 1.54) is 49.8 Å². The van der Waals surface area contributed by atoms with E-state index in [0.29, 0.717) is 5.92 Å². The summed E-state index contributed by atoms with van der Waals surface area (Å²) in [7, 11) is 0. The summed E-state index contributed by atoms with van der Waals surface area (Å²) in [6, 6.07) is 21.9. The normalized spacial score (nSPS) is 19.8. The number of imidazole rings is 1. The van der Waals surface area contributed by atoms with E-state index < -0.39 is 0 Å². The van der Waals surface area contributed by atoms with Crippen LogP contribution >= 0.6 is 11.8 Å². The number of hydrogen-bond donors (Lipinski definition) is 1. The molecule has 2 aliphatic carbocycles. The Morgan fingerprint density at radius 1 is 0.846 bits per heavy atom. The molecule has 3 fully saturated rings. The van der Waals surface area contributed by atoms with Gasteiger partial charge in [-0.25, -0.2) is 14.8 Å². The summed E-state index contributed by atoms with van der Waals surface area (Å²) >= 11 is 6.19. The zero-order valence-electron chi connectivity index (χ0n) is 22.4. The summed E-state index contributed by atoms with van der Waals surface area (Å²) < 4.78 is 7.89. The second-order valence-electron chi connectivity index (χ2n) is 11.4. The third-order valence-electron chi connectivity index (χ3n) is 9.08. The molecule has 202 valence electrons. The molecule has 3 heterocycles. The number of pyridine rings is 1. The number of anilines is 1. The predicted molar refractivity (Wildman–Crippen MR) is 158 cm³/mol. The molecule has 0 unspecified atom stereocenters. The highest BCUT2D eigenvalue weighted by Gasteiger charge is 2.38. The average Bonchev–Trinajstić information content (AvgIpc) is 3.37. The van der Waals surface area contributed by atoms with Gasteiger partial charge in [0.2, 0.25) is 0 Å². The van der Waals surface area contributed by atoms with Crippen LogP contribution in [-0.2, 0) is 10.3 Å². The molecule has 1 N–H and O–H groups in total. The first kappa shape index (κ1) is 25.1. The van der Waals surface area contributed by atoms with E-state index in [1.807, 2.05) is 0 Å². The minimum atomic E-state index is -0.0970. The Kier molecular flexibility index (Phi) is 6.79. The van der Waals surface area contributed by atoms with E-state index in [0.717, 1.165) is 73.1 Å². The fourth-order valence-electron chi connectivity index (χ4n) is 6.61. The summed E-state index contributed by atoms with van der Waals surface area (Å²) in [4.78, 5) is 15.9. The Balaban J connectivity index is 1.31. The third kappa shape index (κ3) is 4.62. The van der Waals surface area contributed by atoms with Crippen molar-refractivity contribution in [1.29, 1.82) is 0 Å². The molecule has 1 saturated heterocycles. The van der Waals surface area contributed by atoms with Gasteiger partial charge >= 0.3 is 0 Å². The molecule has 0 spiro atoms. The number of halogens is 1. The van der Waals surface area contributed by atoms with Crippen LogP contribution in [0.2, 0.25) is 0 Å². The molecule has 7 heteroatoms. The highest BCUT2D eigenvalue weighted by molar-refractivity contribution is 6.14. The van der Waals surface area contributed by atoms with Gasteiger partial charge in [0.15, 0.2) is 5.65 Å². The topological polar surface area (TPSA) is 55.2 Å². The molecular weight excluding hydrogens is 506 g/mol. The van der Waals surface area contributed by atoms with Crippen molar-refractivity contribution in [3.8, 4) is 16.9 Å². The van der Waals surface area contributed by atoms with Gasteiger partial charge in [-0.1, -0.05) is 43.5 Å². The highest BCUT2D eigenvalue weighted by atomic mass is 35.5. The van der Waals surface area contributed by atoms with Crippen LogP contribution in [0.25, 0.3) is 28.1 Å². The second kappa shape index (κ2) is 10.6. The van der Waals surface area contributed by atoms with Gasteiger partial charge in [0.1, 0.15) is 11.3 Å². The first-order valence-corrected chi connectivity index (χ1v) is 14.9. The van der Waals surface area contributed by atoms with Crippen molar-refractivity contribution >= 4 is 28.6 Å². The van der Waals surface area contributed by atoms with Crippen LogP contribution in [-0.4, -0.2) is 40.8 Å². The smallest absolute Gasteiger partial charge is 0.165 e.